The normalized spacial score (nSPS) is 18.9. The molecule has 0 N–H and O–H groups in total. The molecular weight excluding hydrogens is 337 g/mol. The fourth-order valence-corrected chi connectivity index (χ4v) is 5.05. The molecular formula is C26H23BN-. The van der Waals surface area contributed by atoms with Gasteiger partial charge in [-0.2, -0.15) is 21.7 Å². The summed E-state index contributed by atoms with van der Waals surface area (Å²) >= 11 is 0. The minimum Gasteiger partial charge on any atom is -0.199 e. The summed E-state index contributed by atoms with van der Waals surface area (Å²) in [7, 11) is 0. The molecule has 3 aromatic carbocycles. The Morgan fingerprint density at radius 1 is 0.714 bits per heavy atom. The largest absolute Gasteiger partial charge is 0.199 e. The molecule has 0 aromatic heterocycles. The maximum atomic E-state index is 9.38. The Morgan fingerprint density at radius 2 is 1.14 bits per heavy atom. The monoisotopic (exact) mass is 360 g/mol. The molecule has 2 atom stereocenters. The van der Waals surface area contributed by atoms with Crippen LogP contribution in [-0.2, 0) is 0 Å². The molecule has 0 fully saturated rings. The molecule has 0 saturated heterocycles. The van der Waals surface area contributed by atoms with E-state index in [2.05, 4.69) is 116 Å². The van der Waals surface area contributed by atoms with Gasteiger partial charge in [0.15, 0.2) is 0 Å². The maximum absolute atomic E-state index is 9.38. The zero-order valence-electron chi connectivity index (χ0n) is 16.1. The van der Waals surface area contributed by atoms with Crippen LogP contribution in [0, 0.1) is 17.2 Å². The van der Waals surface area contributed by atoms with Gasteiger partial charge in [0.1, 0.15) is 0 Å². The van der Waals surface area contributed by atoms with E-state index < -0.39 is 6.15 Å². The van der Waals surface area contributed by atoms with Crippen molar-refractivity contribution in [3.63, 3.8) is 0 Å². The van der Waals surface area contributed by atoms with Crippen LogP contribution in [0.3, 0.4) is 0 Å². The summed E-state index contributed by atoms with van der Waals surface area (Å²) in [6.07, 6.45) is 5.13. The summed E-state index contributed by atoms with van der Waals surface area (Å²) in [5.74, 6) is 0.504. The molecule has 1 aliphatic carbocycles. The molecule has 3 aromatic rings. The Kier molecular flexibility index (Phi) is 5.00. The molecule has 136 valence electrons. The molecule has 4 rings (SSSR count). The summed E-state index contributed by atoms with van der Waals surface area (Å²) in [6.45, 7) is 2.23. The van der Waals surface area contributed by atoms with Gasteiger partial charge in [-0.25, -0.2) is 0 Å². The van der Waals surface area contributed by atoms with Gasteiger partial charge >= 0.3 is 0 Å². The summed E-state index contributed by atoms with van der Waals surface area (Å²) in [5.41, 5.74) is 4.74. The molecule has 0 heterocycles. The van der Waals surface area contributed by atoms with Gasteiger partial charge in [-0.3, -0.25) is 0 Å². The molecule has 0 amide bonds. The average Bonchev–Trinajstić information content (AvgIpc) is 2.77. The van der Waals surface area contributed by atoms with Gasteiger partial charge in [0.05, 0.1) is 12.2 Å². The van der Waals surface area contributed by atoms with E-state index in [1.165, 1.54) is 16.4 Å². The minimum atomic E-state index is -1.25. The summed E-state index contributed by atoms with van der Waals surface area (Å²) in [4.78, 5) is 0. The van der Waals surface area contributed by atoms with Gasteiger partial charge in [0.25, 0.3) is 0 Å². The van der Waals surface area contributed by atoms with E-state index in [1.807, 2.05) is 6.08 Å². The highest BCUT2D eigenvalue weighted by Gasteiger charge is 2.38. The molecule has 0 saturated carbocycles. The maximum Gasteiger partial charge on any atom is 0.0988 e. The van der Waals surface area contributed by atoms with Crippen molar-refractivity contribution in [2.75, 3.05) is 0 Å². The van der Waals surface area contributed by atoms with Crippen LogP contribution in [0.15, 0.2) is 115 Å². The van der Waals surface area contributed by atoms with Gasteiger partial charge in [-0.05, 0) is 5.92 Å². The van der Waals surface area contributed by atoms with E-state index in [1.54, 1.807) is 0 Å². The molecule has 2 heteroatoms. The van der Waals surface area contributed by atoms with Gasteiger partial charge in [0.2, 0.25) is 0 Å². The van der Waals surface area contributed by atoms with Crippen LogP contribution in [0.1, 0.15) is 6.92 Å². The van der Waals surface area contributed by atoms with Crippen LogP contribution >= 0.6 is 0 Å². The first-order chi connectivity index (χ1) is 13.8. The van der Waals surface area contributed by atoms with Crippen molar-refractivity contribution in [3.8, 4) is 6.07 Å². The van der Waals surface area contributed by atoms with Crippen molar-refractivity contribution in [1.82, 2.24) is 0 Å². The molecule has 0 radical (unpaired) electrons. The second-order valence-electron chi connectivity index (χ2n) is 7.69. The Labute approximate surface area is 167 Å². The second-order valence-corrected chi connectivity index (χ2v) is 7.69. The molecule has 0 spiro atoms. The Hall–Kier alpha value is -3.31. The highest BCUT2D eigenvalue weighted by atomic mass is 14.3. The minimum absolute atomic E-state index is 0.250. The van der Waals surface area contributed by atoms with Crippen molar-refractivity contribution < 1.29 is 0 Å². The van der Waals surface area contributed by atoms with Crippen molar-refractivity contribution in [3.05, 3.63) is 115 Å². The third kappa shape index (κ3) is 3.00. The molecule has 1 aliphatic rings. The highest BCUT2D eigenvalue weighted by molar-refractivity contribution is 7.12. The van der Waals surface area contributed by atoms with Crippen LogP contribution < -0.4 is 16.4 Å². The van der Waals surface area contributed by atoms with E-state index in [0.29, 0.717) is 0 Å². The van der Waals surface area contributed by atoms with E-state index >= 15 is 0 Å². The fraction of sp³-hybridized carbons (Fsp3) is 0.115. The number of nitriles is 1. The average molecular weight is 360 g/mol. The van der Waals surface area contributed by atoms with E-state index in [-0.39, 0.29) is 11.7 Å². The highest BCUT2D eigenvalue weighted by Crippen LogP contribution is 2.36. The SMILES string of the molecule is CC1C=C(C#N)C=CC1[B-](c1ccccc1)(c1ccccc1)c1ccccc1. The van der Waals surface area contributed by atoms with Crippen LogP contribution in [-0.4, -0.2) is 6.15 Å². The first kappa shape index (κ1) is 18.1. The summed E-state index contributed by atoms with van der Waals surface area (Å²) in [5, 5.41) is 9.38. The lowest BCUT2D eigenvalue weighted by atomic mass is 9.09. The lowest BCUT2D eigenvalue weighted by molar-refractivity contribution is 0.716. The lowest BCUT2D eigenvalue weighted by Gasteiger charge is -2.51. The standard InChI is InChI=1S/C26H23BN/c1-21-19-22(20-28)17-18-26(21)27(23-11-5-2-6-12-23,24-13-7-3-8-14-24)25-15-9-4-10-16-25/h2-19,21,26H,1H3/q-1. The molecule has 28 heavy (non-hydrogen) atoms. The van der Waals surface area contributed by atoms with E-state index in [9.17, 15) is 5.26 Å². The van der Waals surface area contributed by atoms with Crippen LogP contribution in [0.4, 0.5) is 0 Å². The number of allylic oxidation sites excluding steroid dienone is 4. The molecule has 0 bridgehead atoms. The lowest BCUT2D eigenvalue weighted by Crippen LogP contribution is -2.70. The molecule has 2 unspecified atom stereocenters. The van der Waals surface area contributed by atoms with Crippen LogP contribution in [0.2, 0.25) is 5.82 Å². The van der Waals surface area contributed by atoms with Gasteiger partial charge in [-0.15, -0.1) is 11.9 Å². The van der Waals surface area contributed by atoms with Crippen molar-refractivity contribution >= 4 is 22.5 Å². The molecule has 1 nitrogen and oxygen atoms in total. The number of benzene rings is 3. The third-order valence-corrected chi connectivity index (χ3v) is 6.23. The first-order valence-corrected chi connectivity index (χ1v) is 9.89. The summed E-state index contributed by atoms with van der Waals surface area (Å²) < 4.78 is 0. The van der Waals surface area contributed by atoms with Crippen molar-refractivity contribution in [1.29, 1.82) is 5.26 Å². The zero-order chi connectivity index (χ0) is 19.4. The number of hydrogen-bond donors (Lipinski definition) is 0. The van der Waals surface area contributed by atoms with E-state index in [4.69, 9.17) is 0 Å². The predicted molar refractivity (Wildman–Crippen MR) is 120 cm³/mol. The topological polar surface area (TPSA) is 23.8 Å². The Balaban J connectivity index is 2.04. The Bertz CT molecular complexity index is 933. The zero-order valence-corrected chi connectivity index (χ0v) is 16.1. The van der Waals surface area contributed by atoms with Crippen molar-refractivity contribution in [2.24, 2.45) is 5.92 Å². The first-order valence-electron chi connectivity index (χ1n) is 9.89. The fourth-order valence-electron chi connectivity index (χ4n) is 5.05. The van der Waals surface area contributed by atoms with Crippen LogP contribution in [0.5, 0.6) is 0 Å². The van der Waals surface area contributed by atoms with Gasteiger partial charge < -0.3 is 0 Å². The van der Waals surface area contributed by atoms with Crippen molar-refractivity contribution in [2.45, 2.75) is 12.7 Å². The predicted octanol–water partition coefficient (Wildman–Crippen LogP) is 4.18. The smallest absolute Gasteiger partial charge is 0.0988 e. The van der Waals surface area contributed by atoms with Gasteiger partial charge in [-0.1, -0.05) is 110 Å². The van der Waals surface area contributed by atoms with E-state index in [0.717, 1.165) is 5.57 Å². The number of nitrogens with zero attached hydrogens (tertiary/aromatic N) is 1. The third-order valence-electron chi connectivity index (χ3n) is 6.23. The quantitative estimate of drug-likeness (QED) is 0.641. The Morgan fingerprint density at radius 3 is 1.50 bits per heavy atom. The van der Waals surface area contributed by atoms with Crippen LogP contribution in [0.25, 0.3) is 0 Å². The van der Waals surface area contributed by atoms with Gasteiger partial charge in [0, 0.05) is 5.57 Å². The summed E-state index contributed by atoms with van der Waals surface area (Å²) in [6, 6.07) is 34.8. The second kappa shape index (κ2) is 7.75. The molecule has 0 aliphatic heterocycles. The number of rotatable bonds is 4. The number of hydrogen-bond acceptors (Lipinski definition) is 1.